The largest absolute Gasteiger partial charge is 0.273 e. The number of halogens is 1. The molecule has 26 heavy (non-hydrogen) atoms. The third-order valence-electron chi connectivity index (χ3n) is 4.81. The van der Waals surface area contributed by atoms with Gasteiger partial charge >= 0.3 is 0 Å². The first-order valence-electron chi connectivity index (χ1n) is 9.63. The van der Waals surface area contributed by atoms with Crippen molar-refractivity contribution in [3.8, 4) is 0 Å². The van der Waals surface area contributed by atoms with Crippen LogP contribution in [-0.4, -0.2) is 50.2 Å². The topological polar surface area (TPSA) is 85.4 Å². The zero-order valence-electron chi connectivity index (χ0n) is 17.0. The number of nitrogens with zero attached hydrogens (tertiary/aromatic N) is 6. The molecule has 0 aromatic carbocycles. The number of pyridine rings is 1. The minimum atomic E-state index is -3.93. The molecular formula is C16H19ClN6O2S. The SMILES string of the molecule is [2H]C([2H])([2H])n1cc(S(=O)(=O)N2CCC(c3cn4ncnc4cc3C)CC2)c(Cl)n1. The summed E-state index contributed by atoms with van der Waals surface area (Å²) in [5.41, 5.74) is 2.98. The molecule has 0 atom stereocenters. The average molecular weight is 398 g/mol. The molecule has 4 heterocycles. The summed E-state index contributed by atoms with van der Waals surface area (Å²) < 4.78 is 51.7. The van der Waals surface area contributed by atoms with Crippen LogP contribution in [0.25, 0.3) is 5.65 Å². The molecule has 138 valence electrons. The van der Waals surface area contributed by atoms with Crippen molar-refractivity contribution in [2.24, 2.45) is 6.98 Å². The molecule has 0 saturated carbocycles. The monoisotopic (exact) mass is 397 g/mol. The smallest absolute Gasteiger partial charge is 0.247 e. The lowest BCUT2D eigenvalue weighted by Crippen LogP contribution is -2.38. The fourth-order valence-corrected chi connectivity index (χ4v) is 5.34. The summed E-state index contributed by atoms with van der Waals surface area (Å²) in [5, 5.41) is 7.47. The molecule has 0 spiro atoms. The lowest BCUT2D eigenvalue weighted by molar-refractivity contribution is 0.318. The van der Waals surface area contributed by atoms with E-state index in [1.54, 1.807) is 4.52 Å². The zero-order chi connectivity index (χ0) is 21.0. The number of hydrogen-bond donors (Lipinski definition) is 0. The quantitative estimate of drug-likeness (QED) is 0.674. The van der Waals surface area contributed by atoms with E-state index in [-0.39, 0.29) is 16.0 Å². The highest BCUT2D eigenvalue weighted by Gasteiger charge is 2.33. The third-order valence-corrected chi connectivity index (χ3v) is 7.10. The summed E-state index contributed by atoms with van der Waals surface area (Å²) in [7, 11) is -3.93. The average Bonchev–Trinajstić information content (AvgIpc) is 3.27. The van der Waals surface area contributed by atoms with Gasteiger partial charge in [0.05, 0.1) is 0 Å². The first kappa shape index (κ1) is 14.1. The Kier molecular flexibility index (Phi) is 3.44. The van der Waals surface area contributed by atoms with Crippen LogP contribution in [0.5, 0.6) is 0 Å². The van der Waals surface area contributed by atoms with Crippen molar-refractivity contribution >= 4 is 27.3 Å². The fraction of sp³-hybridized carbons (Fsp3) is 0.438. The Bertz CT molecular complexity index is 1170. The van der Waals surface area contributed by atoms with Gasteiger partial charge in [-0.25, -0.2) is 17.9 Å². The van der Waals surface area contributed by atoms with E-state index < -0.39 is 17.0 Å². The van der Waals surface area contributed by atoms with Gasteiger partial charge in [0.2, 0.25) is 10.0 Å². The normalized spacial score (nSPS) is 19.4. The van der Waals surface area contributed by atoms with Crippen molar-refractivity contribution in [3.63, 3.8) is 0 Å². The molecule has 0 aliphatic carbocycles. The van der Waals surface area contributed by atoms with Gasteiger partial charge in [-0.2, -0.15) is 14.5 Å². The van der Waals surface area contributed by atoms with Crippen molar-refractivity contribution in [1.82, 2.24) is 28.7 Å². The highest BCUT2D eigenvalue weighted by molar-refractivity contribution is 7.89. The predicted molar refractivity (Wildman–Crippen MR) is 96.7 cm³/mol. The maximum atomic E-state index is 13.0. The molecule has 10 heteroatoms. The molecule has 0 radical (unpaired) electrons. The standard InChI is InChI=1S/C16H19ClN6O2S/c1-11-7-15-18-10-19-23(15)8-13(11)12-3-5-22(6-4-12)26(24,25)14-9-21(2)20-16(14)17/h7-10,12H,3-6H2,1-2H3/i2D3. The van der Waals surface area contributed by atoms with Crippen LogP contribution in [0.4, 0.5) is 0 Å². The number of aromatic nitrogens is 5. The Morgan fingerprint density at radius 3 is 2.77 bits per heavy atom. The minimum Gasteiger partial charge on any atom is -0.273 e. The molecule has 0 N–H and O–H groups in total. The van der Waals surface area contributed by atoms with Gasteiger partial charge in [0.25, 0.3) is 0 Å². The summed E-state index contributed by atoms with van der Waals surface area (Å²) >= 11 is 5.94. The van der Waals surface area contributed by atoms with Crippen molar-refractivity contribution in [3.05, 3.63) is 41.1 Å². The molecule has 0 amide bonds. The van der Waals surface area contributed by atoms with Crippen molar-refractivity contribution in [2.75, 3.05) is 13.1 Å². The highest BCUT2D eigenvalue weighted by Crippen LogP contribution is 2.33. The Hall–Kier alpha value is -1.97. The van der Waals surface area contributed by atoms with E-state index in [1.165, 1.54) is 10.6 Å². The molecule has 1 aliphatic rings. The van der Waals surface area contributed by atoms with Crippen LogP contribution in [0.1, 0.15) is 34.0 Å². The van der Waals surface area contributed by atoms with Gasteiger partial charge in [-0.15, -0.1) is 0 Å². The second-order valence-electron chi connectivity index (χ2n) is 6.38. The summed E-state index contributed by atoms with van der Waals surface area (Å²) in [5.74, 6) is 0.190. The van der Waals surface area contributed by atoms with Crippen LogP contribution >= 0.6 is 11.6 Å². The number of fused-ring (bicyclic) bond motifs is 1. The number of hydrogen-bond acceptors (Lipinski definition) is 5. The van der Waals surface area contributed by atoms with Crippen LogP contribution in [0.3, 0.4) is 0 Å². The summed E-state index contributed by atoms with van der Waals surface area (Å²) in [4.78, 5) is 3.89. The van der Waals surface area contributed by atoms with E-state index in [2.05, 4.69) is 15.2 Å². The van der Waals surface area contributed by atoms with Gasteiger partial charge < -0.3 is 0 Å². The lowest BCUT2D eigenvalue weighted by atomic mass is 9.89. The van der Waals surface area contributed by atoms with Gasteiger partial charge in [0.15, 0.2) is 10.8 Å². The molecule has 3 aromatic heterocycles. The van der Waals surface area contributed by atoms with Crippen LogP contribution < -0.4 is 0 Å². The Morgan fingerprint density at radius 1 is 1.31 bits per heavy atom. The summed E-state index contributed by atoms with van der Waals surface area (Å²) in [6.07, 6.45) is 5.68. The van der Waals surface area contributed by atoms with Crippen LogP contribution in [0.15, 0.2) is 29.7 Å². The number of rotatable bonds is 3. The Morgan fingerprint density at radius 2 is 2.08 bits per heavy atom. The first-order chi connectivity index (χ1) is 13.6. The van der Waals surface area contributed by atoms with Crippen molar-refractivity contribution in [2.45, 2.75) is 30.6 Å². The van der Waals surface area contributed by atoms with E-state index >= 15 is 0 Å². The maximum Gasteiger partial charge on any atom is 0.247 e. The van der Waals surface area contributed by atoms with Gasteiger partial charge in [-0.3, -0.25) is 4.68 Å². The van der Waals surface area contributed by atoms with Gasteiger partial charge in [-0.1, -0.05) is 11.6 Å². The second-order valence-corrected chi connectivity index (χ2v) is 8.65. The lowest BCUT2D eigenvalue weighted by Gasteiger charge is -2.31. The summed E-state index contributed by atoms with van der Waals surface area (Å²) in [6, 6.07) is 1.97. The molecule has 1 saturated heterocycles. The molecule has 8 nitrogen and oxygen atoms in total. The fourth-order valence-electron chi connectivity index (χ4n) is 3.46. The molecule has 3 aromatic rings. The van der Waals surface area contributed by atoms with Crippen LogP contribution in [0.2, 0.25) is 5.15 Å². The number of piperidine rings is 1. The van der Waals surface area contributed by atoms with E-state index in [0.717, 1.165) is 23.0 Å². The first-order valence-corrected chi connectivity index (χ1v) is 9.95. The van der Waals surface area contributed by atoms with E-state index in [1.807, 2.05) is 19.2 Å². The van der Waals surface area contributed by atoms with E-state index in [4.69, 9.17) is 15.7 Å². The Labute approximate surface area is 160 Å². The third kappa shape index (κ3) is 2.89. The van der Waals surface area contributed by atoms with Gasteiger partial charge in [-0.05, 0) is 42.9 Å². The zero-order valence-corrected chi connectivity index (χ0v) is 15.6. The van der Waals surface area contributed by atoms with Crippen LogP contribution in [-0.2, 0) is 17.0 Å². The Balaban J connectivity index is 1.54. The number of sulfonamides is 1. The van der Waals surface area contributed by atoms with Crippen molar-refractivity contribution < 1.29 is 12.5 Å². The predicted octanol–water partition coefficient (Wildman–Crippen LogP) is 1.99. The van der Waals surface area contributed by atoms with Crippen LogP contribution in [0, 0.1) is 6.92 Å². The second kappa shape index (κ2) is 6.33. The van der Waals surface area contributed by atoms with Gasteiger partial charge in [0, 0.05) is 36.6 Å². The molecule has 0 unspecified atom stereocenters. The maximum absolute atomic E-state index is 13.0. The van der Waals surface area contributed by atoms with E-state index in [9.17, 15) is 8.42 Å². The molecular weight excluding hydrogens is 376 g/mol. The summed E-state index contributed by atoms with van der Waals surface area (Å²) in [6.45, 7) is 0.0201. The molecule has 1 aliphatic heterocycles. The van der Waals surface area contributed by atoms with Crippen molar-refractivity contribution in [1.29, 1.82) is 0 Å². The number of aryl methyl sites for hydroxylation is 2. The van der Waals surface area contributed by atoms with E-state index in [0.29, 0.717) is 30.6 Å². The molecule has 4 rings (SSSR count). The van der Waals surface area contributed by atoms with Gasteiger partial charge in [0.1, 0.15) is 11.2 Å². The highest BCUT2D eigenvalue weighted by atomic mass is 35.5. The molecule has 1 fully saturated rings. The molecule has 0 bridgehead atoms. The minimum absolute atomic E-state index is 0.190.